The molecule has 0 saturated carbocycles. The van der Waals surface area contributed by atoms with Crippen molar-refractivity contribution in [3.8, 4) is 5.75 Å². The van der Waals surface area contributed by atoms with Crippen molar-refractivity contribution in [2.45, 2.75) is 0 Å². The van der Waals surface area contributed by atoms with E-state index in [2.05, 4.69) is 61.8 Å². The van der Waals surface area contributed by atoms with Gasteiger partial charge in [0.2, 0.25) is 0 Å². The van der Waals surface area contributed by atoms with Crippen LogP contribution in [-0.4, -0.2) is 43.1 Å². The first-order valence-corrected chi connectivity index (χ1v) is 9.17. The van der Waals surface area contributed by atoms with Crippen LogP contribution in [0.4, 0.5) is 4.79 Å². The van der Waals surface area contributed by atoms with Gasteiger partial charge >= 0.3 is 12.0 Å². The molecule has 1 aliphatic rings. The maximum absolute atomic E-state index is 12.3. The van der Waals surface area contributed by atoms with E-state index in [0.29, 0.717) is 6.61 Å². The molecule has 1 fully saturated rings. The van der Waals surface area contributed by atoms with Gasteiger partial charge in [-0.05, 0) is 69.0 Å². The van der Waals surface area contributed by atoms with E-state index >= 15 is 0 Å². The Bertz CT molecular complexity index is 753. The number of halogens is 2. The summed E-state index contributed by atoms with van der Waals surface area (Å²) in [5.41, 5.74) is 0.823. The SMILES string of the molecule is C=CCOc1c(I)cc(/C=C2/NC(=O)N(CC(=O)OC)C2=O)cc1I. The van der Waals surface area contributed by atoms with Crippen molar-refractivity contribution in [3.63, 3.8) is 0 Å². The number of amides is 3. The number of methoxy groups -OCH3 is 1. The number of hydrogen-bond acceptors (Lipinski definition) is 5. The number of urea groups is 1. The van der Waals surface area contributed by atoms with Gasteiger partial charge in [0.05, 0.1) is 14.3 Å². The number of nitrogens with zero attached hydrogens (tertiary/aromatic N) is 1. The number of nitrogens with one attached hydrogen (secondary N) is 1. The van der Waals surface area contributed by atoms with E-state index in [4.69, 9.17) is 4.74 Å². The highest BCUT2D eigenvalue weighted by Gasteiger charge is 2.35. The molecule has 0 spiro atoms. The van der Waals surface area contributed by atoms with E-state index in [1.165, 1.54) is 7.11 Å². The highest BCUT2D eigenvalue weighted by atomic mass is 127. The molecule has 0 aliphatic carbocycles. The number of benzene rings is 1. The van der Waals surface area contributed by atoms with E-state index in [9.17, 15) is 14.4 Å². The number of esters is 1. The van der Waals surface area contributed by atoms with Gasteiger partial charge in [0.15, 0.2) is 0 Å². The van der Waals surface area contributed by atoms with Crippen LogP contribution in [0.3, 0.4) is 0 Å². The maximum Gasteiger partial charge on any atom is 0.329 e. The number of hydrogen-bond donors (Lipinski definition) is 1. The minimum absolute atomic E-state index is 0.0975. The summed E-state index contributed by atoms with van der Waals surface area (Å²) in [6, 6.07) is 3.00. The molecule has 132 valence electrons. The van der Waals surface area contributed by atoms with Crippen molar-refractivity contribution in [3.05, 3.63) is 43.2 Å². The lowest BCUT2D eigenvalue weighted by Crippen LogP contribution is -2.36. The topological polar surface area (TPSA) is 84.9 Å². The fourth-order valence-corrected chi connectivity index (χ4v) is 4.15. The maximum atomic E-state index is 12.3. The molecule has 0 aromatic heterocycles. The quantitative estimate of drug-likeness (QED) is 0.188. The van der Waals surface area contributed by atoms with Crippen molar-refractivity contribution in [2.75, 3.05) is 20.3 Å². The van der Waals surface area contributed by atoms with Crippen LogP contribution in [0.2, 0.25) is 0 Å². The predicted octanol–water partition coefficient (Wildman–Crippen LogP) is 2.53. The Balaban J connectivity index is 2.26. The smallest absolute Gasteiger partial charge is 0.329 e. The zero-order valence-electron chi connectivity index (χ0n) is 13.2. The highest BCUT2D eigenvalue weighted by molar-refractivity contribution is 14.1. The Kier molecular flexibility index (Phi) is 6.81. The average Bonchev–Trinajstić information content (AvgIpc) is 2.81. The van der Waals surface area contributed by atoms with Gasteiger partial charge in [-0.2, -0.15) is 0 Å². The average molecular weight is 568 g/mol. The van der Waals surface area contributed by atoms with Crippen molar-refractivity contribution in [2.24, 2.45) is 0 Å². The monoisotopic (exact) mass is 568 g/mol. The van der Waals surface area contributed by atoms with Crippen LogP contribution in [0, 0.1) is 7.14 Å². The summed E-state index contributed by atoms with van der Waals surface area (Å²) in [6.07, 6.45) is 3.21. The zero-order valence-corrected chi connectivity index (χ0v) is 17.5. The third-order valence-electron chi connectivity index (χ3n) is 3.15. The number of imide groups is 1. The summed E-state index contributed by atoms with van der Waals surface area (Å²) in [5.74, 6) is -0.512. The molecule has 1 N–H and O–H groups in total. The first-order valence-electron chi connectivity index (χ1n) is 7.01. The van der Waals surface area contributed by atoms with Gasteiger partial charge in [-0.3, -0.25) is 9.59 Å². The molecule has 0 unspecified atom stereocenters. The highest BCUT2D eigenvalue weighted by Crippen LogP contribution is 2.30. The minimum Gasteiger partial charge on any atom is -0.487 e. The first-order chi connectivity index (χ1) is 11.9. The van der Waals surface area contributed by atoms with Gasteiger partial charge in [0.25, 0.3) is 5.91 Å². The van der Waals surface area contributed by atoms with Gasteiger partial charge in [0, 0.05) is 0 Å². The van der Waals surface area contributed by atoms with E-state index < -0.39 is 24.5 Å². The Morgan fingerprint density at radius 3 is 2.52 bits per heavy atom. The molecule has 9 heteroatoms. The Labute approximate surface area is 171 Å². The van der Waals surface area contributed by atoms with Crippen LogP contribution < -0.4 is 10.1 Å². The second-order valence-electron chi connectivity index (χ2n) is 4.87. The lowest BCUT2D eigenvalue weighted by atomic mass is 10.2. The third kappa shape index (κ3) is 4.71. The van der Waals surface area contributed by atoms with Crippen LogP contribution in [-0.2, 0) is 14.3 Å². The van der Waals surface area contributed by atoms with Crippen LogP contribution in [0.1, 0.15) is 5.56 Å². The molecule has 0 radical (unpaired) electrons. The Morgan fingerprint density at radius 2 is 1.96 bits per heavy atom. The summed E-state index contributed by atoms with van der Waals surface area (Å²) in [6.45, 7) is 3.58. The number of carbonyl (C=O) groups excluding carboxylic acids is 3. The molecule has 1 saturated heterocycles. The molecule has 25 heavy (non-hydrogen) atoms. The standard InChI is InChI=1S/C16H14I2N2O5/c1-3-4-25-14-10(17)5-9(6-11(14)18)7-12-15(22)20(16(23)19-12)8-13(21)24-2/h3,5-7H,1,4,8H2,2H3,(H,19,23)/b12-7+. The normalized spacial score (nSPS) is 15.3. The van der Waals surface area contributed by atoms with Crippen LogP contribution in [0.25, 0.3) is 6.08 Å². The fraction of sp³-hybridized carbons (Fsp3) is 0.188. The van der Waals surface area contributed by atoms with Crippen molar-refractivity contribution in [1.29, 1.82) is 0 Å². The van der Waals surface area contributed by atoms with Crippen LogP contribution in [0.5, 0.6) is 5.75 Å². The van der Waals surface area contributed by atoms with Gasteiger partial charge in [-0.1, -0.05) is 12.7 Å². The molecule has 1 heterocycles. The number of carbonyl (C=O) groups is 3. The molecule has 1 aromatic carbocycles. The van der Waals surface area contributed by atoms with E-state index in [0.717, 1.165) is 23.4 Å². The summed E-state index contributed by atoms with van der Waals surface area (Å²) in [5, 5.41) is 2.46. The number of rotatable bonds is 6. The van der Waals surface area contributed by atoms with Gasteiger partial charge in [-0.15, -0.1) is 0 Å². The Morgan fingerprint density at radius 1 is 1.32 bits per heavy atom. The van der Waals surface area contributed by atoms with Crippen molar-refractivity contribution in [1.82, 2.24) is 10.2 Å². The van der Waals surface area contributed by atoms with E-state index in [1.54, 1.807) is 12.2 Å². The molecule has 7 nitrogen and oxygen atoms in total. The second-order valence-corrected chi connectivity index (χ2v) is 7.19. The minimum atomic E-state index is -0.669. The molecular weight excluding hydrogens is 554 g/mol. The fourth-order valence-electron chi connectivity index (χ4n) is 2.02. The Hall–Kier alpha value is -1.63. The predicted molar refractivity (Wildman–Crippen MR) is 108 cm³/mol. The lowest BCUT2D eigenvalue weighted by Gasteiger charge is -2.10. The molecule has 0 bridgehead atoms. The van der Waals surface area contributed by atoms with E-state index in [1.807, 2.05) is 12.1 Å². The molecular formula is C16H14I2N2O5. The summed E-state index contributed by atoms with van der Waals surface area (Å²) in [4.78, 5) is 36.2. The van der Waals surface area contributed by atoms with Gasteiger partial charge < -0.3 is 14.8 Å². The second kappa shape index (κ2) is 8.65. The zero-order chi connectivity index (χ0) is 18.6. The number of ether oxygens (including phenoxy) is 2. The van der Waals surface area contributed by atoms with Gasteiger partial charge in [-0.25, -0.2) is 9.69 Å². The molecule has 0 atom stereocenters. The third-order valence-corrected chi connectivity index (χ3v) is 4.76. The van der Waals surface area contributed by atoms with Crippen LogP contribution >= 0.6 is 45.2 Å². The molecule has 3 amide bonds. The van der Waals surface area contributed by atoms with Gasteiger partial charge in [0.1, 0.15) is 24.6 Å². The summed E-state index contributed by atoms with van der Waals surface area (Å²) in [7, 11) is 1.19. The van der Waals surface area contributed by atoms with Crippen LogP contribution in [0.15, 0.2) is 30.5 Å². The lowest BCUT2D eigenvalue weighted by molar-refractivity contribution is -0.143. The first kappa shape index (κ1) is 19.7. The molecule has 1 aliphatic heterocycles. The van der Waals surface area contributed by atoms with E-state index in [-0.39, 0.29) is 5.70 Å². The molecule has 2 rings (SSSR count). The van der Waals surface area contributed by atoms with Crippen molar-refractivity contribution >= 4 is 69.2 Å². The molecule has 1 aromatic rings. The summed E-state index contributed by atoms with van der Waals surface area (Å²) < 4.78 is 11.8. The summed E-state index contributed by atoms with van der Waals surface area (Å²) >= 11 is 4.27. The largest absolute Gasteiger partial charge is 0.487 e. The van der Waals surface area contributed by atoms with Crippen molar-refractivity contribution < 1.29 is 23.9 Å².